The summed E-state index contributed by atoms with van der Waals surface area (Å²) in [4.78, 5) is 11.5. The summed E-state index contributed by atoms with van der Waals surface area (Å²) in [6.45, 7) is 10.6. The smallest absolute Gasteiger partial charge is 0.308 e. The van der Waals surface area contributed by atoms with Gasteiger partial charge >= 0.3 is 5.97 Å². The molecule has 1 aromatic carbocycles. The van der Waals surface area contributed by atoms with E-state index in [1.54, 1.807) is 7.11 Å². The highest BCUT2D eigenvalue weighted by molar-refractivity contribution is 9.10. The van der Waals surface area contributed by atoms with Gasteiger partial charge in [-0.05, 0) is 70.6 Å². The van der Waals surface area contributed by atoms with E-state index in [2.05, 4.69) is 49.7 Å². The number of benzene rings is 1. The van der Waals surface area contributed by atoms with Crippen LogP contribution in [0.25, 0.3) is 0 Å². The van der Waals surface area contributed by atoms with Crippen LogP contribution in [-0.4, -0.2) is 13.1 Å². The van der Waals surface area contributed by atoms with Crippen molar-refractivity contribution in [1.82, 2.24) is 0 Å². The molecular weight excluding hydrogens is 368 g/mol. The van der Waals surface area contributed by atoms with Crippen LogP contribution in [0.2, 0.25) is 0 Å². The Bertz CT molecular complexity index is 661. The van der Waals surface area contributed by atoms with E-state index in [1.807, 2.05) is 12.1 Å². The summed E-state index contributed by atoms with van der Waals surface area (Å²) >= 11 is 3.47. The zero-order valence-electron chi connectivity index (χ0n) is 15.4. The number of methoxy groups -OCH3 is 1. The Labute approximate surface area is 153 Å². The van der Waals surface area contributed by atoms with Crippen molar-refractivity contribution in [3.63, 3.8) is 0 Å². The Kier molecular flexibility index (Phi) is 5.79. The zero-order valence-corrected chi connectivity index (χ0v) is 17.0. The van der Waals surface area contributed by atoms with Crippen molar-refractivity contribution < 1.29 is 14.3 Å². The van der Waals surface area contributed by atoms with E-state index in [0.717, 1.165) is 28.6 Å². The maximum atomic E-state index is 11.5. The molecule has 0 spiro atoms. The van der Waals surface area contributed by atoms with Gasteiger partial charge < -0.3 is 9.47 Å². The van der Waals surface area contributed by atoms with Crippen LogP contribution >= 0.6 is 15.9 Å². The van der Waals surface area contributed by atoms with Crippen molar-refractivity contribution in [3.05, 3.63) is 33.8 Å². The van der Waals surface area contributed by atoms with Crippen LogP contribution in [0, 0.1) is 17.3 Å². The van der Waals surface area contributed by atoms with Gasteiger partial charge in [-0.2, -0.15) is 0 Å². The molecule has 0 amide bonds. The van der Waals surface area contributed by atoms with Crippen LogP contribution in [-0.2, 0) is 11.2 Å². The fourth-order valence-electron chi connectivity index (χ4n) is 4.03. The third kappa shape index (κ3) is 4.21. The summed E-state index contributed by atoms with van der Waals surface area (Å²) < 4.78 is 11.7. The predicted octanol–water partition coefficient (Wildman–Crippen LogP) is 5.55. The molecule has 0 N–H and O–H groups in total. The molecule has 2 unspecified atom stereocenters. The number of halogens is 1. The highest BCUT2D eigenvalue weighted by Crippen LogP contribution is 2.46. The second-order valence-electron chi connectivity index (χ2n) is 7.54. The first-order valence-corrected chi connectivity index (χ1v) is 9.15. The molecule has 1 aliphatic rings. The van der Waals surface area contributed by atoms with Crippen LogP contribution in [0.15, 0.2) is 28.3 Å². The first-order valence-electron chi connectivity index (χ1n) is 8.36. The van der Waals surface area contributed by atoms with E-state index in [4.69, 9.17) is 9.47 Å². The Balaban J connectivity index is 2.41. The lowest BCUT2D eigenvalue weighted by molar-refractivity contribution is -0.131. The van der Waals surface area contributed by atoms with Crippen LogP contribution in [0.4, 0.5) is 0 Å². The fourth-order valence-corrected chi connectivity index (χ4v) is 4.51. The first kappa shape index (κ1) is 19.0. The second kappa shape index (κ2) is 7.30. The minimum atomic E-state index is -0.306. The van der Waals surface area contributed by atoms with Crippen LogP contribution < -0.4 is 9.47 Å². The molecule has 1 aliphatic carbocycles. The number of ether oxygens (including phenoxy) is 2. The minimum Gasteiger partial charge on any atom is -0.496 e. The van der Waals surface area contributed by atoms with Gasteiger partial charge in [-0.1, -0.05) is 32.4 Å². The molecule has 0 saturated heterocycles. The average Bonchev–Trinajstić information content (AvgIpc) is 2.43. The average molecular weight is 395 g/mol. The molecule has 24 heavy (non-hydrogen) atoms. The summed E-state index contributed by atoms with van der Waals surface area (Å²) in [6.07, 6.45) is 4.32. The van der Waals surface area contributed by atoms with Gasteiger partial charge in [-0.25, -0.2) is 0 Å². The molecule has 0 saturated carbocycles. The summed E-state index contributed by atoms with van der Waals surface area (Å²) in [5.41, 5.74) is 2.67. The summed E-state index contributed by atoms with van der Waals surface area (Å²) in [5, 5.41) is 0. The van der Waals surface area contributed by atoms with E-state index in [1.165, 1.54) is 12.5 Å². The number of esters is 1. The van der Waals surface area contributed by atoms with Crippen molar-refractivity contribution in [2.75, 3.05) is 7.11 Å². The number of allylic oxidation sites excluding steroid dienone is 2. The number of rotatable bonds is 4. The summed E-state index contributed by atoms with van der Waals surface area (Å²) in [7, 11) is 1.65. The lowest BCUT2D eigenvalue weighted by Gasteiger charge is -2.42. The van der Waals surface area contributed by atoms with Gasteiger partial charge in [0.15, 0.2) is 0 Å². The normalized spacial score (nSPS) is 22.7. The third-order valence-corrected chi connectivity index (χ3v) is 5.57. The Morgan fingerprint density at radius 3 is 2.54 bits per heavy atom. The van der Waals surface area contributed by atoms with E-state index < -0.39 is 0 Å². The molecular formula is C20H27BrO3. The Hall–Kier alpha value is -1.29. The van der Waals surface area contributed by atoms with Crippen LogP contribution in [0.1, 0.15) is 46.6 Å². The second-order valence-corrected chi connectivity index (χ2v) is 8.39. The summed E-state index contributed by atoms with van der Waals surface area (Å²) in [6, 6.07) is 3.81. The van der Waals surface area contributed by atoms with E-state index in [9.17, 15) is 4.79 Å². The van der Waals surface area contributed by atoms with E-state index in [-0.39, 0.29) is 11.4 Å². The highest BCUT2D eigenvalue weighted by atomic mass is 79.9. The maximum absolute atomic E-state index is 11.5. The standard InChI is InChI=1S/C20H27BrO3/c1-12-7-13(2)16(20(4,5)11-12)8-15-9-19(23-6)17(21)10-18(15)24-14(3)22/h7,9-10,13,16H,8,11H2,1-6H3. The highest BCUT2D eigenvalue weighted by Gasteiger charge is 2.36. The van der Waals surface area contributed by atoms with Gasteiger partial charge in [0.05, 0.1) is 11.6 Å². The molecule has 0 aliphatic heterocycles. The molecule has 0 heterocycles. The van der Waals surface area contributed by atoms with Gasteiger partial charge in [0, 0.05) is 6.92 Å². The fraction of sp³-hybridized carbons (Fsp3) is 0.550. The van der Waals surface area contributed by atoms with Crippen LogP contribution in [0.3, 0.4) is 0 Å². The lowest BCUT2D eigenvalue weighted by atomic mass is 9.63. The molecule has 2 atom stereocenters. The van der Waals surface area contributed by atoms with Crippen molar-refractivity contribution in [2.24, 2.45) is 17.3 Å². The SMILES string of the molecule is COc1cc(CC2C(C)C=C(C)CC2(C)C)c(OC(C)=O)cc1Br. The molecule has 3 nitrogen and oxygen atoms in total. The monoisotopic (exact) mass is 394 g/mol. The van der Waals surface area contributed by atoms with Gasteiger partial charge in [-0.3, -0.25) is 4.79 Å². The van der Waals surface area contributed by atoms with Gasteiger partial charge in [0.25, 0.3) is 0 Å². The maximum Gasteiger partial charge on any atom is 0.308 e. The van der Waals surface area contributed by atoms with Crippen molar-refractivity contribution in [1.29, 1.82) is 0 Å². The topological polar surface area (TPSA) is 35.5 Å². The molecule has 4 heteroatoms. The third-order valence-electron chi connectivity index (χ3n) is 4.95. The molecule has 0 bridgehead atoms. The van der Waals surface area contributed by atoms with Gasteiger partial charge in [0.2, 0.25) is 0 Å². The van der Waals surface area contributed by atoms with Crippen molar-refractivity contribution in [2.45, 2.75) is 47.5 Å². The van der Waals surface area contributed by atoms with Crippen LogP contribution in [0.5, 0.6) is 11.5 Å². The Morgan fingerprint density at radius 2 is 2.00 bits per heavy atom. The molecule has 1 aromatic rings. The predicted molar refractivity (Wildman–Crippen MR) is 101 cm³/mol. The van der Waals surface area contributed by atoms with Gasteiger partial charge in [-0.15, -0.1) is 0 Å². The first-order chi connectivity index (χ1) is 11.1. The molecule has 2 rings (SSSR count). The quantitative estimate of drug-likeness (QED) is 0.381. The molecule has 0 aromatic heterocycles. The lowest BCUT2D eigenvalue weighted by Crippen LogP contribution is -2.34. The summed E-state index contributed by atoms with van der Waals surface area (Å²) in [5.74, 6) is 2.02. The van der Waals surface area contributed by atoms with E-state index in [0.29, 0.717) is 17.6 Å². The van der Waals surface area contributed by atoms with Gasteiger partial charge in [0.1, 0.15) is 11.5 Å². The number of carbonyl (C=O) groups excluding carboxylic acids is 1. The number of carbonyl (C=O) groups is 1. The Morgan fingerprint density at radius 1 is 1.33 bits per heavy atom. The van der Waals surface area contributed by atoms with Crippen molar-refractivity contribution >= 4 is 21.9 Å². The number of hydrogen-bond acceptors (Lipinski definition) is 3. The molecule has 132 valence electrons. The largest absolute Gasteiger partial charge is 0.496 e. The number of hydrogen-bond donors (Lipinski definition) is 0. The minimum absolute atomic E-state index is 0.200. The van der Waals surface area contributed by atoms with E-state index >= 15 is 0 Å². The molecule has 0 fully saturated rings. The molecule has 0 radical (unpaired) electrons. The van der Waals surface area contributed by atoms with Crippen molar-refractivity contribution in [3.8, 4) is 11.5 Å². The zero-order chi connectivity index (χ0) is 18.1.